The van der Waals surface area contributed by atoms with Gasteiger partial charge < -0.3 is 9.47 Å². The molecule has 0 bridgehead atoms. The fourth-order valence-electron chi connectivity index (χ4n) is 3.84. The van der Waals surface area contributed by atoms with Crippen molar-refractivity contribution in [3.05, 3.63) is 59.0 Å². The van der Waals surface area contributed by atoms with Crippen LogP contribution in [-0.2, 0) is 7.05 Å². The summed E-state index contributed by atoms with van der Waals surface area (Å²) < 4.78 is 2.06. The molecule has 1 amide bonds. The number of carbonyl (C=O) groups excluding carboxylic acids is 1. The van der Waals surface area contributed by atoms with E-state index in [2.05, 4.69) is 15.6 Å². The van der Waals surface area contributed by atoms with Gasteiger partial charge in [0.2, 0.25) is 0 Å². The molecule has 1 fully saturated rings. The molecule has 2 aromatic heterocycles. The van der Waals surface area contributed by atoms with Crippen molar-refractivity contribution >= 4 is 17.1 Å². The first kappa shape index (κ1) is 15.8. The predicted octanol–water partition coefficient (Wildman–Crippen LogP) is 3.21. The molecule has 0 N–H and O–H groups in total. The van der Waals surface area contributed by atoms with Gasteiger partial charge in [-0.05, 0) is 44.5 Å². The molecule has 0 aliphatic carbocycles. The van der Waals surface area contributed by atoms with E-state index < -0.39 is 0 Å². The van der Waals surface area contributed by atoms with E-state index in [1.54, 1.807) is 6.20 Å². The van der Waals surface area contributed by atoms with Gasteiger partial charge in [-0.2, -0.15) is 0 Å². The van der Waals surface area contributed by atoms with Gasteiger partial charge in [-0.1, -0.05) is 17.2 Å². The van der Waals surface area contributed by atoms with Gasteiger partial charge >= 0.3 is 0 Å². The summed E-state index contributed by atoms with van der Waals surface area (Å²) in [6, 6.07) is 9.93. The van der Waals surface area contributed by atoms with Gasteiger partial charge in [0, 0.05) is 37.8 Å². The van der Waals surface area contributed by atoms with Gasteiger partial charge in [0.05, 0.1) is 0 Å². The van der Waals surface area contributed by atoms with E-state index in [1.165, 1.54) is 0 Å². The first-order valence-electron chi connectivity index (χ1n) is 8.68. The van der Waals surface area contributed by atoms with Crippen LogP contribution in [0.1, 0.15) is 39.6 Å². The average molecular weight is 334 g/mol. The van der Waals surface area contributed by atoms with Gasteiger partial charge in [0.15, 0.2) is 5.65 Å². The molecule has 1 saturated heterocycles. The van der Waals surface area contributed by atoms with Crippen LogP contribution in [0.25, 0.3) is 11.2 Å². The number of likely N-dealkylation sites (tertiary alicyclic amines) is 1. The van der Waals surface area contributed by atoms with Crippen molar-refractivity contribution in [3.8, 4) is 0 Å². The number of hydrogen-bond donors (Lipinski definition) is 0. The molecule has 1 aromatic carbocycles. The Morgan fingerprint density at radius 2 is 1.96 bits per heavy atom. The van der Waals surface area contributed by atoms with Crippen molar-refractivity contribution in [1.82, 2.24) is 19.4 Å². The summed E-state index contributed by atoms with van der Waals surface area (Å²) in [6.07, 6.45) is 2.73. The Labute approximate surface area is 147 Å². The predicted molar refractivity (Wildman–Crippen MR) is 97.7 cm³/mol. The monoisotopic (exact) mass is 334 g/mol. The lowest BCUT2D eigenvalue weighted by molar-refractivity contribution is 0.0790. The molecule has 128 valence electrons. The summed E-state index contributed by atoms with van der Waals surface area (Å²) in [5, 5.41) is 0. The largest absolute Gasteiger partial charge is 0.338 e. The Hall–Kier alpha value is -2.69. The Bertz CT molecular complexity index is 939. The molecule has 1 aliphatic rings. The van der Waals surface area contributed by atoms with Crippen LogP contribution in [0.2, 0.25) is 0 Å². The second-order valence-corrected chi connectivity index (χ2v) is 6.99. The summed E-state index contributed by atoms with van der Waals surface area (Å²) in [5.41, 5.74) is 4.85. The molecular weight excluding hydrogens is 312 g/mol. The Kier molecular flexibility index (Phi) is 3.79. The van der Waals surface area contributed by atoms with Crippen molar-refractivity contribution in [3.63, 3.8) is 0 Å². The molecule has 5 heteroatoms. The SMILES string of the molecule is Cc1cc(C)cc(C(=O)N2CC[C@@H](c3nc4cccnc4n3C)C2)c1. The third kappa shape index (κ3) is 2.80. The second-order valence-electron chi connectivity index (χ2n) is 6.99. The minimum absolute atomic E-state index is 0.117. The maximum absolute atomic E-state index is 12.9. The minimum atomic E-state index is 0.117. The molecular formula is C20H22N4O. The lowest BCUT2D eigenvalue weighted by atomic mass is 10.1. The highest BCUT2D eigenvalue weighted by molar-refractivity contribution is 5.94. The van der Waals surface area contributed by atoms with Crippen LogP contribution in [0.15, 0.2) is 36.5 Å². The molecule has 1 aliphatic heterocycles. The number of rotatable bonds is 2. The highest BCUT2D eigenvalue weighted by atomic mass is 16.2. The van der Waals surface area contributed by atoms with Crippen molar-refractivity contribution in [1.29, 1.82) is 0 Å². The van der Waals surface area contributed by atoms with Crippen LogP contribution < -0.4 is 0 Å². The van der Waals surface area contributed by atoms with Crippen LogP contribution in [0, 0.1) is 13.8 Å². The van der Waals surface area contributed by atoms with Gasteiger partial charge in [-0.25, -0.2) is 9.97 Å². The molecule has 3 heterocycles. The summed E-state index contributed by atoms with van der Waals surface area (Å²) in [6.45, 7) is 5.54. The molecule has 25 heavy (non-hydrogen) atoms. The number of hydrogen-bond acceptors (Lipinski definition) is 3. The van der Waals surface area contributed by atoms with E-state index in [0.29, 0.717) is 6.54 Å². The van der Waals surface area contributed by atoms with E-state index in [9.17, 15) is 4.79 Å². The first-order chi connectivity index (χ1) is 12.0. The molecule has 0 radical (unpaired) electrons. The Morgan fingerprint density at radius 3 is 2.68 bits per heavy atom. The van der Waals surface area contributed by atoms with Crippen LogP contribution in [0.5, 0.6) is 0 Å². The third-order valence-corrected chi connectivity index (χ3v) is 4.97. The second kappa shape index (κ2) is 5.99. The molecule has 5 nitrogen and oxygen atoms in total. The highest BCUT2D eigenvalue weighted by Crippen LogP contribution is 2.29. The minimum Gasteiger partial charge on any atom is -0.338 e. The smallest absolute Gasteiger partial charge is 0.253 e. The maximum atomic E-state index is 12.9. The van der Waals surface area contributed by atoms with Crippen molar-refractivity contribution in [2.75, 3.05) is 13.1 Å². The van der Waals surface area contributed by atoms with Gasteiger partial charge in [-0.15, -0.1) is 0 Å². The molecule has 4 rings (SSSR count). The van der Waals surface area contributed by atoms with E-state index in [0.717, 1.165) is 46.6 Å². The fourth-order valence-corrected chi connectivity index (χ4v) is 3.84. The van der Waals surface area contributed by atoms with Crippen LogP contribution >= 0.6 is 0 Å². The Balaban J connectivity index is 1.58. The Morgan fingerprint density at radius 1 is 1.20 bits per heavy atom. The zero-order valence-corrected chi connectivity index (χ0v) is 14.9. The van der Waals surface area contributed by atoms with Crippen molar-refractivity contribution in [2.45, 2.75) is 26.2 Å². The van der Waals surface area contributed by atoms with Gasteiger partial charge in [0.1, 0.15) is 11.3 Å². The lowest BCUT2D eigenvalue weighted by Gasteiger charge is -2.17. The van der Waals surface area contributed by atoms with E-state index >= 15 is 0 Å². The summed E-state index contributed by atoms with van der Waals surface area (Å²) in [7, 11) is 2.01. The first-order valence-corrected chi connectivity index (χ1v) is 8.68. The van der Waals surface area contributed by atoms with E-state index in [1.807, 2.05) is 50.1 Å². The normalized spacial score (nSPS) is 17.4. The molecule has 1 atom stereocenters. The van der Waals surface area contributed by atoms with Crippen molar-refractivity contribution < 1.29 is 4.79 Å². The topological polar surface area (TPSA) is 51.0 Å². The number of amides is 1. The van der Waals surface area contributed by atoms with E-state index in [-0.39, 0.29) is 11.8 Å². The summed E-state index contributed by atoms with van der Waals surface area (Å²) in [5.74, 6) is 1.39. The average Bonchev–Trinajstić information content (AvgIpc) is 3.19. The molecule has 0 spiro atoms. The molecule has 0 unspecified atom stereocenters. The van der Waals surface area contributed by atoms with Crippen molar-refractivity contribution in [2.24, 2.45) is 7.05 Å². The number of pyridine rings is 1. The number of aryl methyl sites for hydroxylation is 3. The van der Waals surface area contributed by atoms with Crippen LogP contribution in [0.3, 0.4) is 0 Å². The van der Waals surface area contributed by atoms with Gasteiger partial charge in [-0.3, -0.25) is 4.79 Å². The number of imidazole rings is 1. The molecule has 0 saturated carbocycles. The number of fused-ring (bicyclic) bond motifs is 1. The fraction of sp³-hybridized carbons (Fsp3) is 0.350. The lowest BCUT2D eigenvalue weighted by Crippen LogP contribution is -2.28. The number of nitrogens with zero attached hydrogens (tertiary/aromatic N) is 4. The van der Waals surface area contributed by atoms with E-state index in [4.69, 9.17) is 4.98 Å². The molecule has 3 aromatic rings. The maximum Gasteiger partial charge on any atom is 0.253 e. The van der Waals surface area contributed by atoms with Gasteiger partial charge in [0.25, 0.3) is 5.91 Å². The number of carbonyl (C=O) groups is 1. The number of aromatic nitrogens is 3. The summed E-state index contributed by atoms with van der Waals surface area (Å²) in [4.78, 5) is 24.0. The van der Waals surface area contributed by atoms with Crippen LogP contribution in [-0.4, -0.2) is 38.4 Å². The third-order valence-electron chi connectivity index (χ3n) is 4.97. The van der Waals surface area contributed by atoms with Crippen LogP contribution in [0.4, 0.5) is 0 Å². The number of benzene rings is 1. The summed E-state index contributed by atoms with van der Waals surface area (Å²) >= 11 is 0. The highest BCUT2D eigenvalue weighted by Gasteiger charge is 2.31. The quantitative estimate of drug-likeness (QED) is 0.723. The zero-order valence-electron chi connectivity index (χ0n) is 14.9. The zero-order chi connectivity index (χ0) is 17.6. The standard InChI is InChI=1S/C20H22N4O/c1-13-9-14(2)11-16(10-13)20(25)24-8-6-15(12-24)18-22-17-5-4-7-21-19(17)23(18)3/h4-5,7,9-11,15H,6,8,12H2,1-3H3/t15-/m1/s1.